The number of hydrogen-bond acceptors (Lipinski definition) is 15. The maximum atomic E-state index is 13.7. The van der Waals surface area contributed by atoms with Crippen LogP contribution in [0, 0.1) is 22.7 Å². The second kappa shape index (κ2) is 18.6. The van der Waals surface area contributed by atoms with Crippen molar-refractivity contribution in [1.82, 2.24) is 0 Å². The van der Waals surface area contributed by atoms with E-state index in [0.29, 0.717) is 56.9 Å². The fourth-order valence-electron chi connectivity index (χ4n) is 13.2. The summed E-state index contributed by atoms with van der Waals surface area (Å²) in [7, 11) is 4.87. The predicted molar refractivity (Wildman–Crippen MR) is 230 cm³/mol. The number of carbonyl (C=O) groups is 2. The topological polar surface area (TPSA) is 187 Å². The van der Waals surface area contributed by atoms with Crippen LogP contribution in [0.5, 0.6) is 0 Å². The number of rotatable bonds is 12. The van der Waals surface area contributed by atoms with E-state index in [1.54, 1.807) is 52.5 Å². The molecule has 0 amide bonds. The summed E-state index contributed by atoms with van der Waals surface area (Å²) in [4.78, 5) is 26.8. The third-order valence-electron chi connectivity index (χ3n) is 16.9. The first-order valence-electron chi connectivity index (χ1n) is 23.5. The maximum Gasteiger partial charge on any atom is 0.338 e. The molecule has 8 rings (SSSR count). The van der Waals surface area contributed by atoms with Crippen molar-refractivity contribution in [2.75, 3.05) is 21.3 Å². The van der Waals surface area contributed by atoms with Gasteiger partial charge in [-0.2, -0.15) is 0 Å². The van der Waals surface area contributed by atoms with E-state index in [-0.39, 0.29) is 36.9 Å². The Labute approximate surface area is 377 Å². The number of fused-ring (bicyclic) bond motifs is 5. The van der Waals surface area contributed by atoms with E-state index in [0.717, 1.165) is 5.57 Å². The largest absolute Gasteiger partial charge is 0.458 e. The second-order valence-corrected chi connectivity index (χ2v) is 20.2. The Hall–Kier alpha value is -2.38. The molecule has 20 atom stereocenters. The van der Waals surface area contributed by atoms with Gasteiger partial charge in [-0.1, -0.05) is 43.7 Å². The third-order valence-corrected chi connectivity index (χ3v) is 16.9. The monoisotopic (exact) mass is 900 g/mol. The van der Waals surface area contributed by atoms with E-state index >= 15 is 0 Å². The van der Waals surface area contributed by atoms with Gasteiger partial charge in [-0.25, -0.2) is 4.79 Å². The summed E-state index contributed by atoms with van der Waals surface area (Å²) in [5, 5.41) is 36.2. The van der Waals surface area contributed by atoms with Gasteiger partial charge in [0.05, 0.1) is 48.3 Å². The van der Waals surface area contributed by atoms with Crippen LogP contribution in [0.25, 0.3) is 0 Å². The van der Waals surface area contributed by atoms with Crippen LogP contribution < -0.4 is 0 Å². The minimum absolute atomic E-state index is 0.0782. The molecule has 3 N–H and O–H groups in total. The number of methoxy groups -OCH3 is 3. The molecule has 64 heavy (non-hydrogen) atoms. The Bertz CT molecular complexity index is 1850. The molecule has 0 aromatic heterocycles. The van der Waals surface area contributed by atoms with Gasteiger partial charge in [-0.05, 0) is 90.2 Å². The van der Waals surface area contributed by atoms with Gasteiger partial charge in [0.1, 0.15) is 41.4 Å². The van der Waals surface area contributed by atoms with Crippen LogP contribution in [0.3, 0.4) is 0 Å². The smallest absolute Gasteiger partial charge is 0.338 e. The predicted octanol–water partition coefficient (Wildman–Crippen LogP) is 5.19. The van der Waals surface area contributed by atoms with E-state index in [9.17, 15) is 24.9 Å². The summed E-state index contributed by atoms with van der Waals surface area (Å²) >= 11 is 0. The first kappa shape index (κ1) is 48.1. The van der Waals surface area contributed by atoms with Crippen LogP contribution >= 0.6 is 0 Å². The minimum Gasteiger partial charge on any atom is -0.458 e. The molecular weight excluding hydrogens is 829 g/mol. The lowest BCUT2D eigenvalue weighted by atomic mass is 9.43. The van der Waals surface area contributed by atoms with E-state index in [1.807, 2.05) is 26.8 Å². The molecule has 1 aromatic rings. The van der Waals surface area contributed by atoms with Crippen molar-refractivity contribution in [3.05, 3.63) is 47.5 Å². The average Bonchev–Trinajstić information content (AvgIpc) is 3.57. The normalized spacial score (nSPS) is 48.0. The highest BCUT2D eigenvalue weighted by molar-refractivity contribution is 5.89. The van der Waals surface area contributed by atoms with Crippen molar-refractivity contribution in [2.24, 2.45) is 22.7 Å². The molecule has 358 valence electrons. The van der Waals surface area contributed by atoms with Crippen molar-refractivity contribution < 1.29 is 72.3 Å². The van der Waals surface area contributed by atoms with Crippen molar-refractivity contribution in [1.29, 1.82) is 0 Å². The number of aliphatic hydroxyl groups is 3. The highest BCUT2D eigenvalue weighted by Gasteiger charge is 2.77. The Morgan fingerprint density at radius 3 is 1.88 bits per heavy atom. The number of ether oxygens (including phenoxy) is 10. The Morgan fingerprint density at radius 2 is 1.30 bits per heavy atom. The fraction of sp³-hybridized carbons (Fsp3) is 0.796. The molecule has 4 aliphatic carbocycles. The molecule has 3 aliphatic heterocycles. The molecule has 0 bridgehead atoms. The zero-order valence-corrected chi connectivity index (χ0v) is 39.0. The lowest BCUT2D eigenvalue weighted by Gasteiger charge is -2.66. The van der Waals surface area contributed by atoms with Gasteiger partial charge < -0.3 is 62.7 Å². The first-order valence-corrected chi connectivity index (χ1v) is 23.5. The van der Waals surface area contributed by atoms with E-state index < -0.39 is 108 Å². The highest BCUT2D eigenvalue weighted by atomic mass is 16.7. The summed E-state index contributed by atoms with van der Waals surface area (Å²) in [5.74, 6) is -1.59. The molecule has 3 heterocycles. The highest BCUT2D eigenvalue weighted by Crippen LogP contribution is 2.70. The van der Waals surface area contributed by atoms with Crippen molar-refractivity contribution in [2.45, 2.75) is 203 Å². The van der Waals surface area contributed by atoms with Crippen LogP contribution in [-0.4, -0.2) is 146 Å². The summed E-state index contributed by atoms with van der Waals surface area (Å²) in [6.45, 7) is 11.2. The van der Waals surface area contributed by atoms with Gasteiger partial charge in [0, 0.05) is 57.8 Å². The summed E-state index contributed by atoms with van der Waals surface area (Å²) < 4.78 is 62.4. The van der Waals surface area contributed by atoms with Gasteiger partial charge in [-0.3, -0.25) is 4.79 Å². The Morgan fingerprint density at radius 1 is 0.734 bits per heavy atom. The van der Waals surface area contributed by atoms with Crippen molar-refractivity contribution in [3.63, 3.8) is 0 Å². The van der Waals surface area contributed by atoms with Crippen LogP contribution in [0.2, 0.25) is 0 Å². The quantitative estimate of drug-likeness (QED) is 0.184. The van der Waals surface area contributed by atoms with Crippen LogP contribution in [0.4, 0.5) is 0 Å². The Balaban J connectivity index is 0.914. The zero-order chi connectivity index (χ0) is 45.9. The summed E-state index contributed by atoms with van der Waals surface area (Å²) in [6.07, 6.45) is -0.323. The molecule has 0 spiro atoms. The van der Waals surface area contributed by atoms with Gasteiger partial charge in [0.25, 0.3) is 0 Å². The number of aliphatic hydroxyl groups excluding tert-OH is 1. The summed E-state index contributed by atoms with van der Waals surface area (Å²) in [5.41, 5.74) is -3.36. The molecule has 0 radical (unpaired) electrons. The second-order valence-electron chi connectivity index (χ2n) is 20.2. The lowest BCUT2D eigenvalue weighted by Crippen LogP contribution is -2.75. The van der Waals surface area contributed by atoms with Crippen molar-refractivity contribution in [3.8, 4) is 0 Å². The molecule has 3 saturated heterocycles. The average molecular weight is 901 g/mol. The summed E-state index contributed by atoms with van der Waals surface area (Å²) in [6, 6.07) is 8.78. The molecule has 20 unspecified atom stereocenters. The van der Waals surface area contributed by atoms with Gasteiger partial charge >= 0.3 is 5.97 Å². The molecular formula is C49H72O15. The maximum absolute atomic E-state index is 13.7. The molecule has 15 heteroatoms. The van der Waals surface area contributed by atoms with E-state index in [1.165, 1.54) is 6.92 Å². The van der Waals surface area contributed by atoms with E-state index in [4.69, 9.17) is 47.4 Å². The minimum atomic E-state index is -1.66. The van der Waals surface area contributed by atoms with Crippen LogP contribution in [0.1, 0.15) is 116 Å². The number of hydrogen-bond donors (Lipinski definition) is 3. The van der Waals surface area contributed by atoms with Crippen molar-refractivity contribution >= 4 is 11.8 Å². The number of benzene rings is 1. The van der Waals surface area contributed by atoms with Crippen LogP contribution in [0.15, 0.2) is 42.0 Å². The van der Waals surface area contributed by atoms with Gasteiger partial charge in [0.15, 0.2) is 18.9 Å². The SMILES string of the molecule is COC1CC(OC2C(C)OC(OC3C(C)OC(OC4CCC5(C)C(=CCC6(O)C5CC(OC(=O)c5ccccc5)C5(C)C(C(C)=O)CCC65O)C4)CC3OC)CC2OC)OC(C)C1O. The fourth-order valence-corrected chi connectivity index (χ4v) is 13.2. The van der Waals surface area contributed by atoms with Crippen LogP contribution in [-0.2, 0) is 52.2 Å². The van der Waals surface area contributed by atoms with Gasteiger partial charge in [0.2, 0.25) is 0 Å². The van der Waals surface area contributed by atoms with E-state index in [2.05, 4.69) is 13.0 Å². The molecule has 7 aliphatic rings. The molecule has 15 nitrogen and oxygen atoms in total. The number of carbonyl (C=O) groups excluding carboxylic acids is 2. The van der Waals surface area contributed by atoms with Gasteiger partial charge in [-0.15, -0.1) is 0 Å². The molecule has 3 saturated carbocycles. The number of esters is 1. The lowest BCUT2D eigenvalue weighted by molar-refractivity contribution is -0.338. The zero-order valence-electron chi connectivity index (χ0n) is 39.0. The first-order chi connectivity index (χ1) is 30.4. The third kappa shape index (κ3) is 8.25. The molecule has 1 aromatic carbocycles. The standard InChI is InChI=1S/C49H72O15/c1-26(50)33-17-20-49(54)47(33,6)38(62-45(52)30-13-11-10-12-14-30)25-37-46(5)18-16-32(21-31(46)15-19-48(37,49)53)61-39-23-35(56-8)43(28(3)59-39)64-41-24-36(57-9)44(29(4)60-41)63-40-22-34(55-7)42(51)27(2)58-40/h10-15,27-29,32-44,51,53-54H,16-25H2,1-9H3. The Kier molecular flexibility index (Phi) is 14.0. The number of Topliss-reactive ketones (excluding diaryl/α,β-unsaturated/α-hetero) is 1. The number of ketones is 1. The molecule has 6 fully saturated rings.